The average molecular weight is 493 g/mol. The first-order chi connectivity index (χ1) is 16.6. The molecule has 1 amide bonds. The molecule has 0 radical (unpaired) electrons. The van der Waals surface area contributed by atoms with E-state index in [4.69, 9.17) is 4.74 Å². The zero-order chi connectivity index (χ0) is 25.2. The number of nitrogens with zero attached hydrogens (tertiary/aromatic N) is 1. The van der Waals surface area contributed by atoms with Crippen molar-refractivity contribution in [3.63, 3.8) is 0 Å². The summed E-state index contributed by atoms with van der Waals surface area (Å²) in [7, 11) is 0. The second-order valence-corrected chi connectivity index (χ2v) is 11.0. The zero-order valence-electron chi connectivity index (χ0n) is 21.1. The summed E-state index contributed by atoms with van der Waals surface area (Å²) in [5.74, 6) is 0.744. The highest BCUT2D eigenvalue weighted by Crippen LogP contribution is 2.49. The van der Waals surface area contributed by atoms with Crippen molar-refractivity contribution in [1.82, 2.24) is 10.2 Å². The fourth-order valence-electron chi connectivity index (χ4n) is 6.34. The van der Waals surface area contributed by atoms with Gasteiger partial charge in [0.05, 0.1) is 11.0 Å². The number of alkyl halides is 3. The monoisotopic (exact) mass is 492 g/mol. The lowest BCUT2D eigenvalue weighted by Crippen LogP contribution is -2.48. The molecule has 1 saturated carbocycles. The van der Waals surface area contributed by atoms with E-state index in [0.717, 1.165) is 57.4 Å². The van der Waals surface area contributed by atoms with E-state index in [1.807, 2.05) is 4.90 Å². The van der Waals surface area contributed by atoms with Gasteiger partial charge in [0, 0.05) is 32.3 Å². The third kappa shape index (κ3) is 5.61. The van der Waals surface area contributed by atoms with Crippen LogP contribution in [0.2, 0.25) is 0 Å². The van der Waals surface area contributed by atoms with Crippen molar-refractivity contribution in [1.29, 1.82) is 0 Å². The summed E-state index contributed by atoms with van der Waals surface area (Å²) < 4.78 is 46.2. The van der Waals surface area contributed by atoms with Crippen molar-refractivity contribution in [2.75, 3.05) is 26.3 Å². The largest absolute Gasteiger partial charge is 0.416 e. The fraction of sp³-hybridized carbons (Fsp3) is 0.679. The lowest BCUT2D eigenvalue weighted by molar-refractivity contribution is -0.146. The van der Waals surface area contributed by atoms with Crippen molar-refractivity contribution in [3.05, 3.63) is 47.0 Å². The van der Waals surface area contributed by atoms with Crippen LogP contribution < -0.4 is 5.32 Å². The normalized spacial score (nSPS) is 25.7. The zero-order valence-corrected chi connectivity index (χ0v) is 21.1. The maximum atomic E-state index is 14.0. The minimum Gasteiger partial charge on any atom is -0.381 e. The summed E-state index contributed by atoms with van der Waals surface area (Å²) in [6, 6.07) is 2.99. The predicted octanol–water partition coefficient (Wildman–Crippen LogP) is 5.53. The number of nitrogens with one attached hydrogen (secondary N) is 1. The topological polar surface area (TPSA) is 41.6 Å². The van der Waals surface area contributed by atoms with Gasteiger partial charge in [0.15, 0.2) is 0 Å². The number of amides is 1. The molecule has 1 aromatic rings. The molecule has 0 unspecified atom stereocenters. The number of hydrogen-bond donors (Lipinski definition) is 1. The average Bonchev–Trinajstić information content (AvgIpc) is 3.28. The summed E-state index contributed by atoms with van der Waals surface area (Å²) in [6.07, 6.45) is 2.98. The molecule has 4 nitrogen and oxygen atoms in total. The quantitative estimate of drug-likeness (QED) is 0.509. The minimum absolute atomic E-state index is 0.120. The van der Waals surface area contributed by atoms with Crippen molar-refractivity contribution in [2.24, 2.45) is 17.3 Å². The molecule has 2 fully saturated rings. The standard InChI is InChI=1S/C28H39F3N2O2/c1-4-5-21-14-23(28(29,30)31)15-22-18-33(11-7-25(21)22)26(34)27(19(2)3)10-6-20(16-27)17-32-24-8-12-35-13-9-24/h4,14-15,19-20,24,32H,1,5-13,16-18H2,2-3H3/t20-,27+/m1/s1. The number of allylic oxidation sites excluding steroid dienone is 1. The molecule has 2 heterocycles. The van der Waals surface area contributed by atoms with Crippen molar-refractivity contribution in [3.8, 4) is 0 Å². The summed E-state index contributed by atoms with van der Waals surface area (Å²) in [4.78, 5) is 15.8. The SMILES string of the molecule is C=CCc1cc(C(F)(F)F)cc2c1CCN(C(=O)[C@@]1(C(C)C)CC[C@@H](CNC3CCOCC3)C1)C2. The molecule has 0 aromatic heterocycles. The molecule has 2 aliphatic heterocycles. The molecule has 0 spiro atoms. The van der Waals surface area contributed by atoms with E-state index in [-0.39, 0.29) is 18.4 Å². The molecule has 0 bridgehead atoms. The first-order valence-electron chi connectivity index (χ1n) is 13.1. The van der Waals surface area contributed by atoms with Crippen LogP contribution in [0.5, 0.6) is 0 Å². The van der Waals surface area contributed by atoms with Crippen LogP contribution >= 0.6 is 0 Å². The number of halogens is 3. The third-order valence-corrected chi connectivity index (χ3v) is 8.51. The summed E-state index contributed by atoms with van der Waals surface area (Å²) >= 11 is 0. The van der Waals surface area contributed by atoms with Gasteiger partial charge in [-0.1, -0.05) is 19.9 Å². The Kier molecular flexibility index (Phi) is 7.96. The van der Waals surface area contributed by atoms with Crippen molar-refractivity contribution < 1.29 is 22.7 Å². The Morgan fingerprint density at radius 3 is 2.69 bits per heavy atom. The molecule has 1 saturated heterocycles. The van der Waals surface area contributed by atoms with Gasteiger partial charge in [-0.25, -0.2) is 0 Å². The number of carbonyl (C=O) groups excluding carboxylic acids is 1. The summed E-state index contributed by atoms with van der Waals surface area (Å²) in [6.45, 7) is 11.3. The van der Waals surface area contributed by atoms with Crippen LogP contribution in [-0.2, 0) is 35.1 Å². The van der Waals surface area contributed by atoms with E-state index in [0.29, 0.717) is 42.5 Å². The Morgan fingerprint density at radius 2 is 2.03 bits per heavy atom. The number of ether oxygens (including phenoxy) is 1. The van der Waals surface area contributed by atoms with Gasteiger partial charge in [-0.2, -0.15) is 13.2 Å². The molecule has 4 rings (SSSR count). The highest BCUT2D eigenvalue weighted by molar-refractivity contribution is 5.83. The molecule has 7 heteroatoms. The van der Waals surface area contributed by atoms with Crippen LogP contribution in [0.25, 0.3) is 0 Å². The second-order valence-electron chi connectivity index (χ2n) is 11.0. The van der Waals surface area contributed by atoms with Gasteiger partial charge in [-0.15, -0.1) is 6.58 Å². The minimum atomic E-state index is -4.41. The maximum absolute atomic E-state index is 14.0. The van der Waals surface area contributed by atoms with Crippen LogP contribution in [0.3, 0.4) is 0 Å². The van der Waals surface area contributed by atoms with Crippen LogP contribution in [0.4, 0.5) is 13.2 Å². The van der Waals surface area contributed by atoms with Crippen LogP contribution in [0.15, 0.2) is 24.8 Å². The van der Waals surface area contributed by atoms with Crippen molar-refractivity contribution >= 4 is 5.91 Å². The lowest BCUT2D eigenvalue weighted by atomic mass is 9.73. The second kappa shape index (κ2) is 10.6. The van der Waals surface area contributed by atoms with E-state index >= 15 is 0 Å². The Labute approximate surface area is 207 Å². The number of hydrogen-bond acceptors (Lipinski definition) is 3. The van der Waals surface area contributed by atoms with Crippen LogP contribution in [0, 0.1) is 17.3 Å². The molecular formula is C28H39F3N2O2. The Morgan fingerprint density at radius 1 is 1.29 bits per heavy atom. The van der Waals surface area contributed by atoms with Gasteiger partial charge >= 0.3 is 6.18 Å². The van der Waals surface area contributed by atoms with Gasteiger partial charge in [0.25, 0.3) is 0 Å². The van der Waals surface area contributed by atoms with E-state index in [2.05, 4.69) is 25.7 Å². The molecule has 35 heavy (non-hydrogen) atoms. The maximum Gasteiger partial charge on any atom is 0.416 e. The van der Waals surface area contributed by atoms with Crippen LogP contribution in [0.1, 0.15) is 68.2 Å². The summed E-state index contributed by atoms with van der Waals surface area (Å²) in [5, 5.41) is 3.69. The van der Waals surface area contributed by atoms with E-state index in [9.17, 15) is 18.0 Å². The molecule has 194 valence electrons. The van der Waals surface area contributed by atoms with Gasteiger partial charge in [-0.3, -0.25) is 4.79 Å². The molecule has 1 aromatic carbocycles. The molecule has 1 N–H and O–H groups in total. The number of rotatable bonds is 7. The number of benzene rings is 1. The Hall–Kier alpha value is -1.86. The smallest absolute Gasteiger partial charge is 0.381 e. The van der Waals surface area contributed by atoms with Gasteiger partial charge in [-0.05, 0) is 92.1 Å². The third-order valence-electron chi connectivity index (χ3n) is 8.51. The first kappa shape index (κ1) is 26.2. The van der Waals surface area contributed by atoms with Gasteiger partial charge in [0.2, 0.25) is 5.91 Å². The summed E-state index contributed by atoms with van der Waals surface area (Å²) in [5.41, 5.74) is 1.18. The Bertz CT molecular complexity index is 924. The van der Waals surface area contributed by atoms with Crippen LogP contribution in [-0.4, -0.2) is 43.2 Å². The molecule has 1 aliphatic carbocycles. The van der Waals surface area contributed by atoms with E-state index in [1.54, 1.807) is 6.08 Å². The number of carbonyl (C=O) groups is 1. The highest BCUT2D eigenvalue weighted by Gasteiger charge is 2.49. The van der Waals surface area contributed by atoms with Crippen molar-refractivity contribution in [2.45, 2.75) is 77.6 Å². The van der Waals surface area contributed by atoms with Gasteiger partial charge in [0.1, 0.15) is 0 Å². The highest BCUT2D eigenvalue weighted by atomic mass is 19.4. The van der Waals surface area contributed by atoms with E-state index in [1.165, 1.54) is 12.1 Å². The Balaban J connectivity index is 1.49. The molecule has 2 atom stereocenters. The van der Waals surface area contributed by atoms with E-state index < -0.39 is 17.2 Å². The number of fused-ring (bicyclic) bond motifs is 1. The molecule has 3 aliphatic rings. The lowest BCUT2D eigenvalue weighted by Gasteiger charge is -2.40. The first-order valence-corrected chi connectivity index (χ1v) is 13.1. The predicted molar refractivity (Wildman–Crippen MR) is 131 cm³/mol. The fourth-order valence-corrected chi connectivity index (χ4v) is 6.34. The van der Waals surface area contributed by atoms with Gasteiger partial charge < -0.3 is 15.0 Å². The molecular weight excluding hydrogens is 453 g/mol.